The molecule has 0 bridgehead atoms. The Kier molecular flexibility index (Phi) is 8.46. The Morgan fingerprint density at radius 1 is 1.10 bits per heavy atom. The third-order valence-corrected chi connectivity index (χ3v) is 5.89. The minimum Gasteiger partial charge on any atom is -0.242 e. The van der Waals surface area contributed by atoms with E-state index >= 15 is 0 Å². The number of hydrogen-bond donors (Lipinski definition) is 1. The monoisotopic (exact) mass is 329 g/mol. The zero-order valence-electron chi connectivity index (χ0n) is 15.4. The molecule has 0 aromatic heterocycles. The lowest BCUT2D eigenvalue weighted by molar-refractivity contribution is 0.383. The van der Waals surface area contributed by atoms with Gasteiger partial charge < -0.3 is 0 Å². The maximum Gasteiger partial charge on any atom is 0.129 e. The SMILES string of the molecule is CCCCC[C@](C)(CC#C[Si](C)(C)C)N[S@](=O)C(C)(C)C. The molecule has 0 saturated carbocycles. The minimum atomic E-state index is -1.34. The Balaban J connectivity index is 4.91. The van der Waals surface area contributed by atoms with Crippen molar-refractivity contribution in [3.63, 3.8) is 0 Å². The van der Waals surface area contributed by atoms with Gasteiger partial charge in [0.1, 0.15) is 8.07 Å². The fourth-order valence-electron chi connectivity index (χ4n) is 1.82. The molecule has 0 rings (SSSR count). The van der Waals surface area contributed by atoms with Crippen molar-refractivity contribution >= 4 is 19.1 Å². The lowest BCUT2D eigenvalue weighted by Crippen LogP contribution is -2.48. The fraction of sp³-hybridized carbons (Fsp3) is 0.882. The highest BCUT2D eigenvalue weighted by molar-refractivity contribution is 7.84. The number of nitrogens with one attached hydrogen (secondary N) is 1. The minimum absolute atomic E-state index is 0.153. The summed E-state index contributed by atoms with van der Waals surface area (Å²) in [6, 6.07) is 0. The van der Waals surface area contributed by atoms with Crippen LogP contribution in [0.2, 0.25) is 19.6 Å². The van der Waals surface area contributed by atoms with Crippen LogP contribution >= 0.6 is 0 Å². The van der Waals surface area contributed by atoms with E-state index < -0.39 is 19.1 Å². The van der Waals surface area contributed by atoms with Crippen molar-refractivity contribution in [1.29, 1.82) is 0 Å². The van der Waals surface area contributed by atoms with Gasteiger partial charge in [0.25, 0.3) is 0 Å². The van der Waals surface area contributed by atoms with Crippen LogP contribution in [0.3, 0.4) is 0 Å². The first-order valence-electron chi connectivity index (χ1n) is 8.09. The van der Waals surface area contributed by atoms with Gasteiger partial charge in [0, 0.05) is 12.0 Å². The molecule has 0 unspecified atom stereocenters. The topological polar surface area (TPSA) is 29.1 Å². The van der Waals surface area contributed by atoms with E-state index in [2.05, 4.69) is 49.7 Å². The summed E-state index contributed by atoms with van der Waals surface area (Å²) < 4.78 is 15.6. The predicted molar refractivity (Wildman–Crippen MR) is 99.3 cm³/mol. The first kappa shape index (κ1) is 20.9. The van der Waals surface area contributed by atoms with Crippen molar-refractivity contribution in [2.75, 3.05) is 0 Å². The smallest absolute Gasteiger partial charge is 0.129 e. The number of hydrogen-bond acceptors (Lipinski definition) is 1. The molecule has 124 valence electrons. The molecule has 0 saturated heterocycles. The van der Waals surface area contributed by atoms with E-state index in [-0.39, 0.29) is 10.3 Å². The predicted octanol–water partition coefficient (Wildman–Crippen LogP) is 4.65. The maximum atomic E-state index is 12.4. The zero-order chi connectivity index (χ0) is 16.7. The zero-order valence-corrected chi connectivity index (χ0v) is 17.2. The molecule has 1 N–H and O–H groups in total. The summed E-state index contributed by atoms with van der Waals surface area (Å²) in [5.74, 6) is 3.36. The normalized spacial score (nSPS) is 16.8. The molecule has 0 fully saturated rings. The van der Waals surface area contributed by atoms with Crippen LogP contribution in [-0.4, -0.2) is 22.6 Å². The van der Waals surface area contributed by atoms with E-state index in [1.54, 1.807) is 0 Å². The van der Waals surface area contributed by atoms with E-state index in [4.69, 9.17) is 0 Å². The molecule has 0 aliphatic carbocycles. The van der Waals surface area contributed by atoms with Crippen LogP contribution in [0.15, 0.2) is 0 Å². The molecule has 2 atom stereocenters. The van der Waals surface area contributed by atoms with Crippen molar-refractivity contribution in [2.45, 2.75) is 96.6 Å². The Labute approximate surface area is 136 Å². The van der Waals surface area contributed by atoms with Gasteiger partial charge >= 0.3 is 0 Å². The second kappa shape index (κ2) is 8.50. The average Bonchev–Trinajstić information content (AvgIpc) is 2.26. The summed E-state index contributed by atoms with van der Waals surface area (Å²) >= 11 is 0. The Hall–Kier alpha value is -0.113. The van der Waals surface area contributed by atoms with E-state index in [9.17, 15) is 4.21 Å². The summed E-state index contributed by atoms with van der Waals surface area (Å²) in [5, 5.41) is 0. The Bertz CT molecular complexity index is 398. The van der Waals surface area contributed by atoms with Crippen LogP contribution in [0.4, 0.5) is 0 Å². The van der Waals surface area contributed by atoms with E-state index in [0.717, 1.165) is 19.3 Å². The summed E-state index contributed by atoms with van der Waals surface area (Å²) in [6.07, 6.45) is 5.40. The first-order chi connectivity index (χ1) is 9.40. The van der Waals surface area contributed by atoms with Crippen LogP contribution in [0, 0.1) is 11.5 Å². The average molecular weight is 330 g/mol. The van der Waals surface area contributed by atoms with Crippen LogP contribution < -0.4 is 4.72 Å². The molecular formula is C17H35NOSSi. The van der Waals surface area contributed by atoms with Crippen LogP contribution in [0.1, 0.15) is 66.7 Å². The molecule has 0 amide bonds. The molecule has 0 heterocycles. The standard InChI is InChI=1S/C17H35NOSSi/c1-9-10-11-13-17(5,14-12-15-21(6,7)8)18-20(19)16(2,3)4/h18H,9-11,13-14H2,1-8H3/t17-,20-/m1/s1. The Morgan fingerprint density at radius 3 is 2.10 bits per heavy atom. The van der Waals surface area contributed by atoms with Crippen molar-refractivity contribution in [3.8, 4) is 11.5 Å². The van der Waals surface area contributed by atoms with Crippen LogP contribution in [-0.2, 0) is 11.0 Å². The van der Waals surface area contributed by atoms with Crippen LogP contribution in [0.25, 0.3) is 0 Å². The highest BCUT2D eigenvalue weighted by Gasteiger charge is 2.30. The van der Waals surface area contributed by atoms with Gasteiger partial charge in [-0.1, -0.05) is 45.8 Å². The van der Waals surface area contributed by atoms with Gasteiger partial charge in [-0.25, -0.2) is 8.93 Å². The molecule has 0 aliphatic rings. The first-order valence-corrected chi connectivity index (χ1v) is 12.7. The van der Waals surface area contributed by atoms with Crippen molar-refractivity contribution in [1.82, 2.24) is 4.72 Å². The third-order valence-electron chi connectivity index (χ3n) is 3.17. The van der Waals surface area contributed by atoms with Crippen molar-refractivity contribution in [2.24, 2.45) is 0 Å². The van der Waals surface area contributed by atoms with Gasteiger partial charge in [-0.2, -0.15) is 0 Å². The molecular weight excluding hydrogens is 294 g/mol. The fourth-order valence-corrected chi connectivity index (χ4v) is 3.37. The second-order valence-corrected chi connectivity index (χ2v) is 14.9. The highest BCUT2D eigenvalue weighted by atomic mass is 32.2. The molecule has 4 heteroatoms. The molecule has 0 radical (unpaired) electrons. The van der Waals surface area contributed by atoms with E-state index in [1.165, 1.54) is 12.8 Å². The van der Waals surface area contributed by atoms with Crippen molar-refractivity contribution in [3.05, 3.63) is 0 Å². The molecule has 0 aliphatic heterocycles. The van der Waals surface area contributed by atoms with Gasteiger partial charge in [-0.3, -0.25) is 0 Å². The molecule has 0 aromatic rings. The Morgan fingerprint density at radius 2 is 1.67 bits per heavy atom. The van der Waals surface area contributed by atoms with Crippen molar-refractivity contribution < 1.29 is 4.21 Å². The maximum absolute atomic E-state index is 12.4. The number of unbranched alkanes of at least 4 members (excludes halogenated alkanes) is 2. The highest BCUT2D eigenvalue weighted by Crippen LogP contribution is 2.22. The van der Waals surface area contributed by atoms with E-state index in [0.29, 0.717) is 0 Å². The lowest BCUT2D eigenvalue weighted by atomic mass is 9.92. The van der Waals surface area contributed by atoms with Gasteiger partial charge in [0.15, 0.2) is 0 Å². The second-order valence-electron chi connectivity index (χ2n) is 8.23. The summed E-state index contributed by atoms with van der Waals surface area (Å²) in [6.45, 7) is 17.2. The van der Waals surface area contributed by atoms with Gasteiger partial charge in [0.05, 0.1) is 15.7 Å². The lowest BCUT2D eigenvalue weighted by Gasteiger charge is -2.32. The van der Waals surface area contributed by atoms with Crippen LogP contribution in [0.5, 0.6) is 0 Å². The van der Waals surface area contributed by atoms with Gasteiger partial charge in [-0.15, -0.1) is 11.5 Å². The summed E-state index contributed by atoms with van der Waals surface area (Å²) in [7, 11) is -2.38. The van der Waals surface area contributed by atoms with Gasteiger partial charge in [-0.05, 0) is 34.1 Å². The summed E-state index contributed by atoms with van der Waals surface area (Å²) in [5.41, 5.74) is 3.28. The van der Waals surface area contributed by atoms with Gasteiger partial charge in [0.2, 0.25) is 0 Å². The quantitative estimate of drug-likeness (QED) is 0.411. The number of rotatable bonds is 7. The molecule has 0 spiro atoms. The molecule has 2 nitrogen and oxygen atoms in total. The summed E-state index contributed by atoms with van der Waals surface area (Å²) in [4.78, 5) is 0. The largest absolute Gasteiger partial charge is 0.242 e. The third kappa shape index (κ3) is 10.3. The molecule has 21 heavy (non-hydrogen) atoms. The van der Waals surface area contributed by atoms with E-state index in [1.807, 2.05) is 20.8 Å². The molecule has 0 aromatic carbocycles.